The molecule has 1 fully saturated rings. The van der Waals surface area contributed by atoms with E-state index in [9.17, 15) is 8.42 Å². The second kappa shape index (κ2) is 7.70. The maximum Gasteiger partial charge on any atom is 0.323 e. The first kappa shape index (κ1) is 18.0. The molecule has 1 N–H and O–H groups in total. The smallest absolute Gasteiger partial charge is 0.323 e. The van der Waals surface area contributed by atoms with Crippen molar-refractivity contribution in [1.29, 1.82) is 0 Å². The number of rotatable bonds is 4. The summed E-state index contributed by atoms with van der Waals surface area (Å²) in [4.78, 5) is 2.07. The number of fused-ring (bicyclic) bond motifs is 1. The van der Waals surface area contributed by atoms with E-state index in [1.807, 2.05) is 54.6 Å². The molecule has 0 radical (unpaired) electrons. The van der Waals surface area contributed by atoms with Crippen molar-refractivity contribution in [3.05, 3.63) is 65.7 Å². The van der Waals surface area contributed by atoms with Crippen LogP contribution in [0.2, 0.25) is 0 Å². The van der Waals surface area contributed by atoms with Gasteiger partial charge in [-0.3, -0.25) is 0 Å². The van der Waals surface area contributed by atoms with Gasteiger partial charge in [-0.2, -0.15) is 13.1 Å². The number of nitrogens with one attached hydrogen (secondary N) is 1. The summed E-state index contributed by atoms with van der Waals surface area (Å²) in [5.74, 6) is 1.33. The van der Waals surface area contributed by atoms with Crippen LogP contribution in [0.5, 0.6) is 5.75 Å². The normalized spacial score (nSPS) is 21.7. The standard InChI is InChI=1S/C20H23N3O3S/c24-27(25)21-19-13-5-2-8-14-23(19)20(22-27)17-11-6-7-12-18(17)26-15-16-9-3-1-4-10-16/h1,3-4,6-7,9-12,20,22H,2,5,8,13-15H2/t20-/m1/s1. The molecule has 6 nitrogen and oxygen atoms in total. The number of ether oxygens (including phenoxy) is 1. The fourth-order valence-electron chi connectivity index (χ4n) is 3.57. The van der Waals surface area contributed by atoms with E-state index in [0.717, 1.165) is 36.9 Å². The van der Waals surface area contributed by atoms with E-state index in [0.29, 0.717) is 24.6 Å². The summed E-state index contributed by atoms with van der Waals surface area (Å²) in [5, 5.41) is 0. The average Bonchev–Trinajstić information content (AvgIpc) is 2.91. The summed E-state index contributed by atoms with van der Waals surface area (Å²) >= 11 is 0. The molecular weight excluding hydrogens is 362 g/mol. The van der Waals surface area contributed by atoms with Crippen LogP contribution in [0, 0.1) is 0 Å². The molecule has 0 bridgehead atoms. The van der Waals surface area contributed by atoms with Gasteiger partial charge in [-0.1, -0.05) is 55.0 Å². The summed E-state index contributed by atoms with van der Waals surface area (Å²) in [6, 6.07) is 17.5. The molecule has 1 saturated heterocycles. The van der Waals surface area contributed by atoms with Gasteiger partial charge in [0.2, 0.25) is 0 Å². The maximum absolute atomic E-state index is 12.3. The van der Waals surface area contributed by atoms with Gasteiger partial charge in [0.25, 0.3) is 0 Å². The first-order chi connectivity index (χ1) is 13.1. The molecule has 2 aromatic rings. The van der Waals surface area contributed by atoms with Crippen molar-refractivity contribution >= 4 is 16.0 Å². The van der Waals surface area contributed by atoms with Crippen molar-refractivity contribution in [1.82, 2.24) is 9.62 Å². The highest BCUT2D eigenvalue weighted by Crippen LogP contribution is 2.33. The van der Waals surface area contributed by atoms with Gasteiger partial charge in [0.1, 0.15) is 24.4 Å². The number of hydrogen-bond donors (Lipinski definition) is 1. The van der Waals surface area contributed by atoms with Gasteiger partial charge in [-0.25, -0.2) is 0 Å². The number of amidine groups is 1. The maximum atomic E-state index is 12.3. The number of para-hydroxylation sites is 1. The second-order valence-electron chi connectivity index (χ2n) is 6.82. The zero-order chi connectivity index (χ0) is 18.7. The highest BCUT2D eigenvalue weighted by atomic mass is 32.2. The van der Waals surface area contributed by atoms with Crippen LogP contribution in [0.15, 0.2) is 59.0 Å². The second-order valence-corrected chi connectivity index (χ2v) is 8.19. The number of benzene rings is 2. The molecule has 142 valence electrons. The summed E-state index contributed by atoms with van der Waals surface area (Å²) in [6.07, 6.45) is 3.25. The fourth-order valence-corrected chi connectivity index (χ4v) is 4.63. The average molecular weight is 385 g/mol. The lowest BCUT2D eigenvalue weighted by Gasteiger charge is -2.37. The van der Waals surface area contributed by atoms with Crippen molar-refractivity contribution in [3.63, 3.8) is 0 Å². The fraction of sp³-hybridized carbons (Fsp3) is 0.350. The highest BCUT2D eigenvalue weighted by Gasteiger charge is 2.35. The van der Waals surface area contributed by atoms with Crippen molar-refractivity contribution < 1.29 is 13.2 Å². The third-order valence-corrected chi connectivity index (χ3v) is 5.85. The Morgan fingerprint density at radius 2 is 1.81 bits per heavy atom. The van der Waals surface area contributed by atoms with E-state index in [2.05, 4.69) is 14.0 Å². The van der Waals surface area contributed by atoms with Crippen molar-refractivity contribution in [2.24, 2.45) is 4.40 Å². The first-order valence-electron chi connectivity index (χ1n) is 9.26. The van der Waals surface area contributed by atoms with E-state index < -0.39 is 16.4 Å². The van der Waals surface area contributed by atoms with Gasteiger partial charge in [-0.05, 0) is 24.5 Å². The van der Waals surface area contributed by atoms with E-state index in [-0.39, 0.29) is 0 Å². The van der Waals surface area contributed by atoms with Crippen molar-refractivity contribution in [3.8, 4) is 5.75 Å². The van der Waals surface area contributed by atoms with Crippen molar-refractivity contribution in [2.75, 3.05) is 6.54 Å². The molecule has 2 aliphatic rings. The minimum absolute atomic E-state index is 0.429. The topological polar surface area (TPSA) is 71.0 Å². The third-order valence-electron chi connectivity index (χ3n) is 4.88. The van der Waals surface area contributed by atoms with E-state index in [1.165, 1.54) is 0 Å². The van der Waals surface area contributed by atoms with Crippen LogP contribution in [-0.4, -0.2) is 25.7 Å². The summed E-state index contributed by atoms with van der Waals surface area (Å²) in [7, 11) is -3.71. The van der Waals surface area contributed by atoms with E-state index >= 15 is 0 Å². The molecule has 0 aliphatic carbocycles. The molecule has 2 aliphatic heterocycles. The molecule has 4 rings (SSSR count). The predicted molar refractivity (Wildman–Crippen MR) is 105 cm³/mol. The largest absolute Gasteiger partial charge is 0.488 e. The Balaban J connectivity index is 1.65. The predicted octanol–water partition coefficient (Wildman–Crippen LogP) is 3.39. The highest BCUT2D eigenvalue weighted by molar-refractivity contribution is 7.88. The van der Waals surface area contributed by atoms with Crippen LogP contribution in [0.25, 0.3) is 0 Å². The molecule has 0 unspecified atom stereocenters. The quantitative estimate of drug-likeness (QED) is 0.876. The Morgan fingerprint density at radius 3 is 2.67 bits per heavy atom. The molecular formula is C20H23N3O3S. The molecule has 1 atom stereocenters. The lowest BCUT2D eigenvalue weighted by molar-refractivity contribution is 0.264. The van der Waals surface area contributed by atoms with E-state index in [4.69, 9.17) is 4.74 Å². The van der Waals surface area contributed by atoms with Crippen LogP contribution in [-0.2, 0) is 16.8 Å². The monoisotopic (exact) mass is 385 g/mol. The van der Waals surface area contributed by atoms with Crippen LogP contribution >= 0.6 is 0 Å². The Bertz CT molecular complexity index is 928. The summed E-state index contributed by atoms with van der Waals surface area (Å²) in [5.41, 5.74) is 1.87. The molecule has 0 amide bonds. The summed E-state index contributed by atoms with van der Waals surface area (Å²) < 4.78 is 37.4. The molecule has 2 heterocycles. The first-order valence-corrected chi connectivity index (χ1v) is 10.7. The Labute approximate surface area is 160 Å². The lowest BCUT2D eigenvalue weighted by atomic mass is 10.1. The number of hydrogen-bond acceptors (Lipinski definition) is 4. The Kier molecular flexibility index (Phi) is 5.13. The molecule has 0 spiro atoms. The molecule has 27 heavy (non-hydrogen) atoms. The molecule has 0 aromatic heterocycles. The Morgan fingerprint density at radius 1 is 1.04 bits per heavy atom. The minimum atomic E-state index is -3.71. The van der Waals surface area contributed by atoms with Crippen LogP contribution in [0.1, 0.15) is 43.0 Å². The van der Waals surface area contributed by atoms with Gasteiger partial charge in [-0.15, -0.1) is 4.40 Å². The van der Waals surface area contributed by atoms with Crippen LogP contribution < -0.4 is 9.46 Å². The van der Waals surface area contributed by atoms with Gasteiger partial charge in [0.05, 0.1) is 0 Å². The van der Waals surface area contributed by atoms with Gasteiger partial charge in [0.15, 0.2) is 0 Å². The number of nitrogens with zero attached hydrogens (tertiary/aromatic N) is 2. The molecule has 7 heteroatoms. The van der Waals surface area contributed by atoms with E-state index in [1.54, 1.807) is 0 Å². The zero-order valence-electron chi connectivity index (χ0n) is 15.0. The Hall–Kier alpha value is -2.38. The third kappa shape index (κ3) is 4.14. The summed E-state index contributed by atoms with van der Waals surface area (Å²) in [6.45, 7) is 1.21. The van der Waals surface area contributed by atoms with Gasteiger partial charge in [0, 0.05) is 18.5 Å². The van der Waals surface area contributed by atoms with Crippen LogP contribution in [0.3, 0.4) is 0 Å². The molecule has 2 aromatic carbocycles. The molecule has 0 saturated carbocycles. The SMILES string of the molecule is O=S1(=O)N=C2CCCCCN2[C@H](c2ccccc2OCc2ccccc2)N1. The zero-order valence-corrected chi connectivity index (χ0v) is 15.9. The van der Waals surface area contributed by atoms with Gasteiger partial charge >= 0.3 is 10.2 Å². The van der Waals surface area contributed by atoms with Crippen LogP contribution in [0.4, 0.5) is 0 Å². The van der Waals surface area contributed by atoms with Gasteiger partial charge < -0.3 is 9.64 Å². The van der Waals surface area contributed by atoms with Crippen molar-refractivity contribution in [2.45, 2.75) is 38.5 Å². The minimum Gasteiger partial charge on any atom is -0.488 e. The lowest BCUT2D eigenvalue weighted by Crippen LogP contribution is -2.48.